The van der Waals surface area contributed by atoms with E-state index in [0.717, 1.165) is 6.07 Å². The number of nitrogens with two attached hydrogens (primary N) is 1. The number of carbonyl (C=O) groups is 3. The van der Waals surface area contributed by atoms with Crippen LogP contribution in [0.1, 0.15) is 24.5 Å². The van der Waals surface area contributed by atoms with E-state index in [4.69, 9.17) is 20.0 Å². The fourth-order valence-electron chi connectivity index (χ4n) is 2.98. The Kier molecular flexibility index (Phi) is 5.65. The molecule has 156 valence electrons. The number of aliphatic carboxylic acids is 2. The van der Waals surface area contributed by atoms with E-state index >= 15 is 0 Å². The van der Waals surface area contributed by atoms with Crippen LogP contribution in [0.4, 0.5) is 5.69 Å². The SMILES string of the molecule is NC(CCC(=O)OC(C(=O)O)c1cc2c(cc1[N+](=O)[O-])oc1ccccc12)C(=O)O. The lowest BCUT2D eigenvalue weighted by atomic mass is 10.0. The molecule has 0 amide bonds. The molecule has 1 aromatic heterocycles. The number of furan rings is 1. The molecule has 2 aromatic carbocycles. The normalized spacial score (nSPS) is 13.1. The summed E-state index contributed by atoms with van der Waals surface area (Å²) >= 11 is 0. The second kappa shape index (κ2) is 8.17. The second-order valence-electron chi connectivity index (χ2n) is 6.45. The zero-order valence-electron chi connectivity index (χ0n) is 15.3. The number of fused-ring (bicyclic) bond motifs is 3. The molecule has 0 fully saturated rings. The van der Waals surface area contributed by atoms with Crippen molar-refractivity contribution in [1.82, 2.24) is 0 Å². The molecule has 3 aromatic rings. The van der Waals surface area contributed by atoms with E-state index in [2.05, 4.69) is 0 Å². The number of hydrogen-bond acceptors (Lipinski definition) is 8. The van der Waals surface area contributed by atoms with Crippen LogP contribution in [0.25, 0.3) is 21.9 Å². The van der Waals surface area contributed by atoms with E-state index < -0.39 is 47.1 Å². The van der Waals surface area contributed by atoms with Crippen LogP contribution in [-0.2, 0) is 19.1 Å². The molecule has 30 heavy (non-hydrogen) atoms. The molecule has 0 aliphatic rings. The summed E-state index contributed by atoms with van der Waals surface area (Å²) in [6.45, 7) is 0. The maximum absolute atomic E-state index is 12.0. The second-order valence-corrected chi connectivity index (χ2v) is 6.45. The van der Waals surface area contributed by atoms with Crippen molar-refractivity contribution in [1.29, 1.82) is 0 Å². The lowest BCUT2D eigenvalue weighted by Gasteiger charge is -2.15. The van der Waals surface area contributed by atoms with Crippen LogP contribution in [0.3, 0.4) is 0 Å². The van der Waals surface area contributed by atoms with Gasteiger partial charge < -0.3 is 25.1 Å². The van der Waals surface area contributed by atoms with Crippen molar-refractivity contribution in [2.24, 2.45) is 5.73 Å². The monoisotopic (exact) mass is 416 g/mol. The molecule has 0 saturated carbocycles. The lowest BCUT2D eigenvalue weighted by Crippen LogP contribution is -2.31. The van der Waals surface area contributed by atoms with Crippen LogP contribution >= 0.6 is 0 Å². The van der Waals surface area contributed by atoms with Crippen LogP contribution < -0.4 is 5.73 Å². The van der Waals surface area contributed by atoms with Crippen molar-refractivity contribution in [3.05, 3.63) is 52.1 Å². The average Bonchev–Trinajstić information content (AvgIpc) is 3.06. The highest BCUT2D eigenvalue weighted by Gasteiger charge is 2.33. The highest BCUT2D eigenvalue weighted by atomic mass is 16.6. The number of benzene rings is 2. The molecule has 0 bridgehead atoms. The van der Waals surface area contributed by atoms with E-state index in [9.17, 15) is 29.6 Å². The fraction of sp³-hybridized carbons (Fsp3) is 0.211. The van der Waals surface area contributed by atoms with Crippen LogP contribution in [0, 0.1) is 10.1 Å². The van der Waals surface area contributed by atoms with Crippen LogP contribution in [0.5, 0.6) is 0 Å². The number of carbonyl (C=O) groups excluding carboxylic acids is 1. The zero-order chi connectivity index (χ0) is 22.0. The highest BCUT2D eigenvalue weighted by Crippen LogP contribution is 2.37. The van der Waals surface area contributed by atoms with Gasteiger partial charge in [0.1, 0.15) is 17.2 Å². The third-order valence-electron chi connectivity index (χ3n) is 4.46. The van der Waals surface area contributed by atoms with Gasteiger partial charge in [-0.2, -0.15) is 0 Å². The van der Waals surface area contributed by atoms with Crippen LogP contribution in [0.2, 0.25) is 0 Å². The van der Waals surface area contributed by atoms with Crippen molar-refractivity contribution in [2.45, 2.75) is 25.0 Å². The largest absolute Gasteiger partial charge is 0.480 e. The number of ether oxygens (including phenoxy) is 1. The van der Waals surface area contributed by atoms with Gasteiger partial charge in [0.15, 0.2) is 0 Å². The van der Waals surface area contributed by atoms with Gasteiger partial charge in [0.25, 0.3) is 5.69 Å². The summed E-state index contributed by atoms with van der Waals surface area (Å²) in [7, 11) is 0. The van der Waals surface area contributed by atoms with E-state index in [-0.39, 0.29) is 17.6 Å². The topological polar surface area (TPSA) is 183 Å². The molecular weight excluding hydrogens is 400 g/mol. The van der Waals surface area contributed by atoms with Gasteiger partial charge in [0.2, 0.25) is 6.10 Å². The first-order chi connectivity index (χ1) is 14.2. The van der Waals surface area contributed by atoms with Gasteiger partial charge in [-0.15, -0.1) is 0 Å². The average molecular weight is 416 g/mol. The van der Waals surface area contributed by atoms with Crippen molar-refractivity contribution >= 4 is 45.5 Å². The Hall–Kier alpha value is -3.99. The Bertz CT molecular complexity index is 1170. The number of hydrogen-bond donors (Lipinski definition) is 3. The van der Waals surface area contributed by atoms with Gasteiger partial charge >= 0.3 is 17.9 Å². The first-order valence-corrected chi connectivity index (χ1v) is 8.69. The summed E-state index contributed by atoms with van der Waals surface area (Å²) in [6.07, 6.45) is -2.73. The molecule has 3 rings (SSSR count). The Labute approximate surface area is 167 Å². The van der Waals surface area contributed by atoms with E-state index in [1.807, 2.05) is 0 Å². The third-order valence-corrected chi connectivity index (χ3v) is 4.46. The molecule has 2 unspecified atom stereocenters. The molecule has 4 N–H and O–H groups in total. The molecule has 0 radical (unpaired) electrons. The smallest absolute Gasteiger partial charge is 0.350 e. The predicted molar refractivity (Wildman–Crippen MR) is 102 cm³/mol. The molecule has 11 nitrogen and oxygen atoms in total. The Morgan fingerprint density at radius 3 is 2.43 bits per heavy atom. The number of nitro groups is 1. The summed E-state index contributed by atoms with van der Waals surface area (Å²) in [6, 6.07) is 7.78. The maximum Gasteiger partial charge on any atom is 0.350 e. The maximum atomic E-state index is 12.0. The Morgan fingerprint density at radius 2 is 1.80 bits per heavy atom. The standard InChI is InChI=1S/C19H16N2O9/c20-12(18(23)24)5-6-16(22)30-17(19(25)26)11-7-10-9-3-1-2-4-14(9)29-15(10)8-13(11)21(27)28/h1-4,7-8,12,17H,5-6,20H2,(H,23,24)(H,25,26). The van der Waals surface area contributed by atoms with Crippen molar-refractivity contribution in [3.8, 4) is 0 Å². The summed E-state index contributed by atoms with van der Waals surface area (Å²) in [5, 5.41) is 30.8. The molecule has 2 atom stereocenters. The summed E-state index contributed by atoms with van der Waals surface area (Å²) in [5.41, 5.74) is 5.00. The predicted octanol–water partition coefficient (Wildman–Crippen LogP) is 2.36. The molecule has 0 spiro atoms. The Morgan fingerprint density at radius 1 is 1.10 bits per heavy atom. The minimum atomic E-state index is -1.97. The summed E-state index contributed by atoms with van der Waals surface area (Å²) < 4.78 is 10.5. The third kappa shape index (κ3) is 4.05. The van der Waals surface area contributed by atoms with Crippen molar-refractivity contribution in [3.63, 3.8) is 0 Å². The van der Waals surface area contributed by atoms with Gasteiger partial charge in [-0.1, -0.05) is 18.2 Å². The van der Waals surface area contributed by atoms with E-state index in [0.29, 0.717) is 16.4 Å². The number of carboxylic acids is 2. The summed E-state index contributed by atoms with van der Waals surface area (Å²) in [4.78, 5) is 45.3. The van der Waals surface area contributed by atoms with Gasteiger partial charge in [0.05, 0.1) is 16.6 Å². The van der Waals surface area contributed by atoms with Crippen LogP contribution in [0.15, 0.2) is 40.8 Å². The molecule has 0 aliphatic carbocycles. The molecule has 0 saturated heterocycles. The quantitative estimate of drug-likeness (QED) is 0.280. The molecule has 0 aliphatic heterocycles. The van der Waals surface area contributed by atoms with Crippen LogP contribution in [-0.4, -0.2) is 39.1 Å². The molecule has 1 heterocycles. The first kappa shape index (κ1) is 20.7. The number of carboxylic acid groups (broad SMARTS) is 2. The van der Waals surface area contributed by atoms with E-state index in [1.165, 1.54) is 6.07 Å². The minimum Gasteiger partial charge on any atom is -0.480 e. The molecule has 11 heteroatoms. The van der Waals surface area contributed by atoms with Gasteiger partial charge in [-0.05, 0) is 18.6 Å². The van der Waals surface area contributed by atoms with E-state index in [1.54, 1.807) is 24.3 Å². The number of esters is 1. The van der Waals surface area contributed by atoms with Crippen molar-refractivity contribution in [2.75, 3.05) is 0 Å². The first-order valence-electron chi connectivity index (χ1n) is 8.69. The number of nitro benzene ring substituents is 1. The summed E-state index contributed by atoms with van der Waals surface area (Å²) in [5.74, 6) is -4.00. The lowest BCUT2D eigenvalue weighted by molar-refractivity contribution is -0.386. The number of nitrogens with zero attached hydrogens (tertiary/aromatic N) is 1. The number of para-hydroxylation sites is 1. The Balaban J connectivity index is 2.01. The van der Waals surface area contributed by atoms with Crippen molar-refractivity contribution < 1.29 is 38.7 Å². The highest BCUT2D eigenvalue weighted by molar-refractivity contribution is 6.06. The minimum absolute atomic E-state index is 0.176. The van der Waals surface area contributed by atoms with Gasteiger partial charge in [0, 0.05) is 17.2 Å². The number of rotatable bonds is 8. The zero-order valence-corrected chi connectivity index (χ0v) is 15.3. The van der Waals surface area contributed by atoms with Gasteiger partial charge in [-0.25, -0.2) is 4.79 Å². The fourth-order valence-corrected chi connectivity index (χ4v) is 2.98. The van der Waals surface area contributed by atoms with Gasteiger partial charge in [-0.3, -0.25) is 19.7 Å². The molecular formula is C19H16N2O9.